The molecule has 23 heavy (non-hydrogen) atoms. The van der Waals surface area contributed by atoms with Crippen LogP contribution in [0.25, 0.3) is 0 Å². The lowest BCUT2D eigenvalue weighted by Crippen LogP contribution is -2.30. The van der Waals surface area contributed by atoms with Gasteiger partial charge in [0.1, 0.15) is 17.2 Å². The minimum Gasteiger partial charge on any atom is -0.494 e. The van der Waals surface area contributed by atoms with Crippen LogP contribution in [0.4, 0.5) is 10.5 Å². The van der Waals surface area contributed by atoms with Crippen molar-refractivity contribution in [3.05, 3.63) is 53.1 Å². The van der Waals surface area contributed by atoms with Crippen molar-refractivity contribution in [2.75, 3.05) is 26.1 Å². The summed E-state index contributed by atoms with van der Waals surface area (Å²) >= 11 is 5.84. The third-order valence-corrected chi connectivity index (χ3v) is 3.53. The molecule has 0 saturated carbocycles. The number of anilines is 1. The number of methoxy groups -OCH3 is 2. The standard InChI is InChI=1S/C17H19ClN2O3/c1-22-14-4-3-5-15(23-2)16(14)20-17(21)19-11-10-12-6-8-13(18)9-7-12/h3-9H,10-11H2,1-2H3,(H2,19,20,21). The van der Waals surface area contributed by atoms with Crippen molar-refractivity contribution in [1.29, 1.82) is 0 Å². The molecule has 5 nitrogen and oxygen atoms in total. The maximum atomic E-state index is 12.0. The van der Waals surface area contributed by atoms with Gasteiger partial charge in [0.05, 0.1) is 14.2 Å². The topological polar surface area (TPSA) is 59.6 Å². The van der Waals surface area contributed by atoms with Crippen molar-refractivity contribution in [3.63, 3.8) is 0 Å². The van der Waals surface area contributed by atoms with Crippen LogP contribution in [0.15, 0.2) is 42.5 Å². The molecule has 0 heterocycles. The van der Waals surface area contributed by atoms with Crippen LogP contribution in [-0.4, -0.2) is 26.8 Å². The van der Waals surface area contributed by atoms with Gasteiger partial charge in [-0.15, -0.1) is 0 Å². The number of urea groups is 1. The van der Waals surface area contributed by atoms with E-state index < -0.39 is 0 Å². The zero-order valence-electron chi connectivity index (χ0n) is 13.1. The number of carbonyl (C=O) groups excluding carboxylic acids is 1. The van der Waals surface area contributed by atoms with Gasteiger partial charge in [0.2, 0.25) is 0 Å². The molecule has 2 amide bonds. The molecule has 0 fully saturated rings. The third-order valence-electron chi connectivity index (χ3n) is 3.28. The van der Waals surface area contributed by atoms with Crippen LogP contribution in [0.3, 0.4) is 0 Å². The van der Waals surface area contributed by atoms with Crippen LogP contribution >= 0.6 is 11.6 Å². The molecule has 0 saturated heterocycles. The van der Waals surface area contributed by atoms with Crippen LogP contribution in [0.1, 0.15) is 5.56 Å². The summed E-state index contributed by atoms with van der Waals surface area (Å²) in [6.07, 6.45) is 0.716. The second-order valence-corrected chi connectivity index (χ2v) is 5.23. The minimum atomic E-state index is -0.318. The number of nitrogens with one attached hydrogen (secondary N) is 2. The number of carbonyl (C=O) groups is 1. The average Bonchev–Trinajstić information content (AvgIpc) is 2.57. The summed E-state index contributed by atoms with van der Waals surface area (Å²) in [6.45, 7) is 0.505. The summed E-state index contributed by atoms with van der Waals surface area (Å²) in [4.78, 5) is 12.0. The summed E-state index contributed by atoms with van der Waals surface area (Å²) in [6, 6.07) is 12.5. The fourth-order valence-electron chi connectivity index (χ4n) is 2.10. The molecule has 2 N–H and O–H groups in total. The Hall–Kier alpha value is -2.40. The fraction of sp³-hybridized carbons (Fsp3) is 0.235. The number of para-hydroxylation sites is 1. The second-order valence-electron chi connectivity index (χ2n) is 4.79. The first kappa shape index (κ1) is 17.0. The smallest absolute Gasteiger partial charge is 0.319 e. The van der Waals surface area contributed by atoms with Gasteiger partial charge < -0.3 is 20.1 Å². The summed E-state index contributed by atoms with van der Waals surface area (Å²) in [5.74, 6) is 1.08. The Morgan fingerprint density at radius 2 is 1.65 bits per heavy atom. The van der Waals surface area contributed by atoms with Gasteiger partial charge in [0.15, 0.2) is 0 Å². The van der Waals surface area contributed by atoms with Crippen LogP contribution in [0.2, 0.25) is 5.02 Å². The number of benzene rings is 2. The number of rotatable bonds is 6. The zero-order valence-corrected chi connectivity index (χ0v) is 13.8. The molecule has 0 aliphatic heterocycles. The molecule has 2 rings (SSSR count). The molecule has 2 aromatic rings. The minimum absolute atomic E-state index is 0.318. The number of halogens is 1. The SMILES string of the molecule is COc1cccc(OC)c1NC(=O)NCCc1ccc(Cl)cc1. The molecular formula is C17H19ClN2O3. The highest BCUT2D eigenvalue weighted by molar-refractivity contribution is 6.30. The lowest BCUT2D eigenvalue weighted by Gasteiger charge is -2.14. The van der Waals surface area contributed by atoms with Crippen molar-refractivity contribution in [2.45, 2.75) is 6.42 Å². The first-order valence-corrected chi connectivity index (χ1v) is 7.52. The zero-order chi connectivity index (χ0) is 16.7. The van der Waals surface area contributed by atoms with E-state index in [-0.39, 0.29) is 6.03 Å². The summed E-state index contributed by atoms with van der Waals surface area (Å²) < 4.78 is 10.5. The monoisotopic (exact) mass is 334 g/mol. The lowest BCUT2D eigenvalue weighted by molar-refractivity contribution is 0.252. The van der Waals surface area contributed by atoms with Crippen molar-refractivity contribution in [2.24, 2.45) is 0 Å². The normalized spacial score (nSPS) is 10.0. The Morgan fingerprint density at radius 3 is 2.22 bits per heavy atom. The molecule has 0 unspecified atom stereocenters. The van der Waals surface area contributed by atoms with E-state index in [0.717, 1.165) is 5.56 Å². The number of ether oxygens (including phenoxy) is 2. The molecule has 0 spiro atoms. The van der Waals surface area contributed by atoms with E-state index >= 15 is 0 Å². The summed E-state index contributed by atoms with van der Waals surface area (Å²) in [5, 5.41) is 6.25. The van der Waals surface area contributed by atoms with E-state index in [2.05, 4.69) is 10.6 Å². The molecule has 0 atom stereocenters. The molecule has 122 valence electrons. The Labute approximate surface area is 140 Å². The van der Waals surface area contributed by atoms with Crippen LogP contribution < -0.4 is 20.1 Å². The van der Waals surface area contributed by atoms with E-state index in [1.54, 1.807) is 32.4 Å². The van der Waals surface area contributed by atoms with Gasteiger partial charge in [-0.25, -0.2) is 4.79 Å². The second kappa shape index (κ2) is 8.29. The Morgan fingerprint density at radius 1 is 1.04 bits per heavy atom. The molecule has 0 aliphatic carbocycles. The maximum Gasteiger partial charge on any atom is 0.319 e. The third kappa shape index (κ3) is 4.79. The molecule has 0 aliphatic rings. The molecule has 6 heteroatoms. The van der Waals surface area contributed by atoms with Gasteiger partial charge in [-0.3, -0.25) is 0 Å². The Balaban J connectivity index is 1.91. The molecule has 0 bridgehead atoms. The summed E-state index contributed by atoms with van der Waals surface area (Å²) in [5.41, 5.74) is 1.60. The van der Waals surface area contributed by atoms with Gasteiger partial charge in [-0.2, -0.15) is 0 Å². The Bertz CT molecular complexity index is 637. The molecule has 0 radical (unpaired) electrons. The first-order valence-electron chi connectivity index (χ1n) is 7.14. The highest BCUT2D eigenvalue weighted by Gasteiger charge is 2.12. The van der Waals surface area contributed by atoms with Gasteiger partial charge in [0.25, 0.3) is 0 Å². The van der Waals surface area contributed by atoms with Crippen LogP contribution in [-0.2, 0) is 6.42 Å². The summed E-state index contributed by atoms with van der Waals surface area (Å²) in [7, 11) is 3.08. The van der Waals surface area contributed by atoms with Gasteiger partial charge in [-0.1, -0.05) is 29.8 Å². The first-order chi connectivity index (χ1) is 11.1. The quantitative estimate of drug-likeness (QED) is 0.846. The van der Waals surface area contributed by atoms with E-state index in [0.29, 0.717) is 35.2 Å². The highest BCUT2D eigenvalue weighted by atomic mass is 35.5. The van der Waals surface area contributed by atoms with E-state index in [1.165, 1.54) is 0 Å². The van der Waals surface area contributed by atoms with Crippen molar-refractivity contribution < 1.29 is 14.3 Å². The number of amides is 2. The van der Waals surface area contributed by atoms with Crippen molar-refractivity contribution >= 4 is 23.3 Å². The van der Waals surface area contributed by atoms with Crippen LogP contribution in [0, 0.1) is 0 Å². The largest absolute Gasteiger partial charge is 0.494 e. The maximum absolute atomic E-state index is 12.0. The fourth-order valence-corrected chi connectivity index (χ4v) is 2.23. The Kier molecular flexibility index (Phi) is 6.11. The van der Waals surface area contributed by atoms with Crippen LogP contribution in [0.5, 0.6) is 11.5 Å². The highest BCUT2D eigenvalue weighted by Crippen LogP contribution is 2.33. The van der Waals surface area contributed by atoms with Gasteiger partial charge in [-0.05, 0) is 36.2 Å². The van der Waals surface area contributed by atoms with Crippen molar-refractivity contribution in [1.82, 2.24) is 5.32 Å². The number of hydrogen-bond donors (Lipinski definition) is 2. The van der Waals surface area contributed by atoms with Gasteiger partial charge >= 0.3 is 6.03 Å². The van der Waals surface area contributed by atoms with Gasteiger partial charge in [0, 0.05) is 11.6 Å². The van der Waals surface area contributed by atoms with E-state index in [4.69, 9.17) is 21.1 Å². The average molecular weight is 335 g/mol. The van der Waals surface area contributed by atoms with Crippen molar-refractivity contribution in [3.8, 4) is 11.5 Å². The molecule has 2 aromatic carbocycles. The van der Waals surface area contributed by atoms with E-state index in [1.807, 2.05) is 24.3 Å². The molecular weight excluding hydrogens is 316 g/mol. The number of hydrogen-bond acceptors (Lipinski definition) is 3. The predicted octanol–water partition coefficient (Wildman–Crippen LogP) is 3.72. The van der Waals surface area contributed by atoms with E-state index in [9.17, 15) is 4.79 Å². The molecule has 0 aromatic heterocycles. The predicted molar refractivity (Wildman–Crippen MR) is 91.7 cm³/mol. The lowest BCUT2D eigenvalue weighted by atomic mass is 10.1.